The van der Waals surface area contributed by atoms with Crippen molar-refractivity contribution in [1.29, 1.82) is 0 Å². The van der Waals surface area contributed by atoms with E-state index in [9.17, 15) is 0 Å². The fraction of sp³-hybridized carbons (Fsp3) is 0.600. The highest BCUT2D eigenvalue weighted by Crippen LogP contribution is 2.59. The van der Waals surface area contributed by atoms with Gasteiger partial charge < -0.3 is 14.8 Å². The molecule has 2 rings (SSSR count). The Morgan fingerprint density at radius 3 is 2.37 bits per heavy atom. The molecule has 106 valence electrons. The minimum Gasteiger partial charge on any atom is -0.495 e. The van der Waals surface area contributed by atoms with Crippen molar-refractivity contribution >= 4 is 15.9 Å². The highest BCUT2D eigenvalue weighted by molar-refractivity contribution is 9.10. The summed E-state index contributed by atoms with van der Waals surface area (Å²) < 4.78 is 11.8. The average molecular weight is 328 g/mol. The summed E-state index contributed by atoms with van der Waals surface area (Å²) in [6.45, 7) is 4.63. The van der Waals surface area contributed by atoms with Crippen LogP contribution in [-0.2, 0) is 0 Å². The van der Waals surface area contributed by atoms with Crippen molar-refractivity contribution in [3.05, 3.63) is 22.2 Å². The third kappa shape index (κ3) is 2.61. The van der Waals surface area contributed by atoms with Gasteiger partial charge in [0.2, 0.25) is 0 Å². The van der Waals surface area contributed by atoms with Crippen molar-refractivity contribution in [2.75, 3.05) is 21.3 Å². The molecule has 4 heteroatoms. The minimum absolute atomic E-state index is 0.312. The topological polar surface area (TPSA) is 30.5 Å². The van der Waals surface area contributed by atoms with Crippen LogP contribution in [0.2, 0.25) is 0 Å². The van der Waals surface area contributed by atoms with E-state index in [0.717, 1.165) is 16.0 Å². The van der Waals surface area contributed by atoms with E-state index in [0.29, 0.717) is 17.4 Å². The molecule has 19 heavy (non-hydrogen) atoms. The lowest BCUT2D eigenvalue weighted by molar-refractivity contribution is 0.370. The van der Waals surface area contributed by atoms with Crippen LogP contribution >= 0.6 is 15.9 Å². The second-order valence-corrected chi connectivity index (χ2v) is 6.56. The summed E-state index contributed by atoms with van der Waals surface area (Å²) in [5.41, 5.74) is 1.60. The normalized spacial score (nSPS) is 21.9. The van der Waals surface area contributed by atoms with Crippen LogP contribution in [-0.4, -0.2) is 21.3 Å². The Morgan fingerprint density at radius 1 is 1.32 bits per heavy atom. The van der Waals surface area contributed by atoms with Gasteiger partial charge in [-0.25, -0.2) is 0 Å². The standard InChI is InChI=1S/C15H22BrNO2/c1-15(2)8-10(15)13(17-3)9-6-7-11(18-4)12(16)14(9)19-5/h6-7,10,13,17H,8H2,1-5H3. The molecule has 1 fully saturated rings. The van der Waals surface area contributed by atoms with Crippen molar-refractivity contribution in [3.8, 4) is 11.5 Å². The third-order valence-electron chi connectivity index (χ3n) is 4.15. The smallest absolute Gasteiger partial charge is 0.141 e. The molecule has 0 aliphatic heterocycles. The van der Waals surface area contributed by atoms with Gasteiger partial charge in [0.05, 0.1) is 14.2 Å². The van der Waals surface area contributed by atoms with Gasteiger partial charge in [0, 0.05) is 11.6 Å². The molecule has 0 heterocycles. The van der Waals surface area contributed by atoms with Gasteiger partial charge in [0.25, 0.3) is 0 Å². The van der Waals surface area contributed by atoms with Crippen molar-refractivity contribution < 1.29 is 9.47 Å². The van der Waals surface area contributed by atoms with Crippen LogP contribution in [0.4, 0.5) is 0 Å². The summed E-state index contributed by atoms with van der Waals surface area (Å²) in [4.78, 5) is 0. The molecule has 1 N–H and O–H groups in total. The molecule has 0 aromatic heterocycles. The van der Waals surface area contributed by atoms with Crippen LogP contribution in [0.3, 0.4) is 0 Å². The Kier molecular flexibility index (Phi) is 4.11. The summed E-state index contributed by atoms with van der Waals surface area (Å²) in [6.07, 6.45) is 1.24. The van der Waals surface area contributed by atoms with E-state index < -0.39 is 0 Å². The number of benzene rings is 1. The molecule has 3 nitrogen and oxygen atoms in total. The third-order valence-corrected chi connectivity index (χ3v) is 4.91. The van der Waals surface area contributed by atoms with Crippen LogP contribution in [0.1, 0.15) is 31.9 Å². The fourth-order valence-electron chi connectivity index (χ4n) is 2.81. The van der Waals surface area contributed by atoms with Crippen LogP contribution in [0.5, 0.6) is 11.5 Å². The molecule has 1 aromatic rings. The van der Waals surface area contributed by atoms with Crippen LogP contribution < -0.4 is 14.8 Å². The molecule has 0 radical (unpaired) electrons. The zero-order chi connectivity index (χ0) is 14.2. The van der Waals surface area contributed by atoms with Crippen LogP contribution in [0.25, 0.3) is 0 Å². The lowest BCUT2D eigenvalue weighted by atomic mass is 9.96. The number of nitrogens with one attached hydrogen (secondary N) is 1. The first-order valence-corrected chi connectivity index (χ1v) is 7.33. The van der Waals surface area contributed by atoms with Crippen LogP contribution in [0, 0.1) is 11.3 Å². The maximum Gasteiger partial charge on any atom is 0.141 e. The molecule has 0 saturated heterocycles. The SMILES string of the molecule is CNC(c1ccc(OC)c(Br)c1OC)C1CC1(C)C. The van der Waals surface area contributed by atoms with Gasteiger partial charge in [0.15, 0.2) is 0 Å². The van der Waals surface area contributed by atoms with Crippen molar-refractivity contribution in [3.63, 3.8) is 0 Å². The molecule has 0 bridgehead atoms. The van der Waals surface area contributed by atoms with Crippen LogP contribution in [0.15, 0.2) is 16.6 Å². The molecule has 0 spiro atoms. The first kappa shape index (κ1) is 14.7. The molecule has 1 aliphatic rings. The first-order chi connectivity index (χ1) is 8.96. The highest BCUT2D eigenvalue weighted by Gasteiger charge is 2.50. The maximum absolute atomic E-state index is 5.58. The maximum atomic E-state index is 5.58. The van der Waals surface area contributed by atoms with E-state index in [1.54, 1.807) is 14.2 Å². The van der Waals surface area contributed by atoms with Gasteiger partial charge in [-0.3, -0.25) is 0 Å². The molecule has 1 saturated carbocycles. The number of rotatable bonds is 5. The molecular formula is C15H22BrNO2. The van der Waals surface area contributed by atoms with E-state index >= 15 is 0 Å². The van der Waals surface area contributed by atoms with E-state index in [4.69, 9.17) is 9.47 Å². The van der Waals surface area contributed by atoms with Gasteiger partial charge >= 0.3 is 0 Å². The minimum atomic E-state index is 0.312. The van der Waals surface area contributed by atoms with Crippen molar-refractivity contribution in [1.82, 2.24) is 5.32 Å². The Balaban J connectivity index is 2.41. The Bertz CT molecular complexity index is 473. The van der Waals surface area contributed by atoms with Crippen molar-refractivity contribution in [2.45, 2.75) is 26.3 Å². The first-order valence-electron chi connectivity index (χ1n) is 6.54. The summed E-state index contributed by atoms with van der Waals surface area (Å²) >= 11 is 3.57. The van der Waals surface area contributed by atoms with Crippen molar-refractivity contribution in [2.24, 2.45) is 11.3 Å². The zero-order valence-electron chi connectivity index (χ0n) is 12.2. The Morgan fingerprint density at radius 2 is 1.95 bits per heavy atom. The largest absolute Gasteiger partial charge is 0.495 e. The quantitative estimate of drug-likeness (QED) is 0.892. The number of hydrogen-bond acceptors (Lipinski definition) is 3. The lowest BCUT2D eigenvalue weighted by Gasteiger charge is -2.22. The molecule has 0 amide bonds. The number of ether oxygens (including phenoxy) is 2. The van der Waals surface area contributed by atoms with Gasteiger partial charge in [0.1, 0.15) is 16.0 Å². The molecule has 2 unspecified atom stereocenters. The fourth-order valence-corrected chi connectivity index (χ4v) is 3.50. The van der Waals surface area contributed by atoms with Gasteiger partial charge in [-0.05, 0) is 52.9 Å². The second-order valence-electron chi connectivity index (χ2n) is 5.77. The predicted octanol–water partition coefficient (Wildman–Crippen LogP) is 3.77. The van der Waals surface area contributed by atoms with Gasteiger partial charge in [-0.1, -0.05) is 13.8 Å². The average Bonchev–Trinajstić information content (AvgIpc) is 2.99. The summed E-state index contributed by atoms with van der Waals surface area (Å²) in [5, 5.41) is 3.43. The van der Waals surface area contributed by atoms with E-state index in [2.05, 4.69) is 41.2 Å². The number of halogens is 1. The van der Waals surface area contributed by atoms with E-state index in [1.165, 1.54) is 12.0 Å². The van der Waals surface area contributed by atoms with Gasteiger partial charge in [-0.2, -0.15) is 0 Å². The van der Waals surface area contributed by atoms with E-state index in [-0.39, 0.29) is 0 Å². The zero-order valence-corrected chi connectivity index (χ0v) is 13.8. The summed E-state index contributed by atoms with van der Waals surface area (Å²) in [6, 6.07) is 4.40. The second kappa shape index (κ2) is 5.33. The predicted molar refractivity (Wildman–Crippen MR) is 80.9 cm³/mol. The molecule has 1 aromatic carbocycles. The van der Waals surface area contributed by atoms with Gasteiger partial charge in [-0.15, -0.1) is 0 Å². The molecule has 2 atom stereocenters. The monoisotopic (exact) mass is 327 g/mol. The van der Waals surface area contributed by atoms with E-state index in [1.807, 2.05) is 13.1 Å². The summed E-state index contributed by atoms with van der Waals surface area (Å²) in [5.74, 6) is 2.30. The Labute approximate surface area is 123 Å². The Hall–Kier alpha value is -0.740. The molecular weight excluding hydrogens is 306 g/mol. The highest BCUT2D eigenvalue weighted by atomic mass is 79.9. The summed E-state index contributed by atoms with van der Waals surface area (Å²) in [7, 11) is 5.38. The lowest BCUT2D eigenvalue weighted by Crippen LogP contribution is -2.21. The number of hydrogen-bond donors (Lipinski definition) is 1. The molecule has 1 aliphatic carbocycles. The number of methoxy groups -OCH3 is 2.